The average molecular weight is 360 g/mol. The second-order valence-electron chi connectivity index (χ2n) is 5.51. The first-order valence-electron chi connectivity index (χ1n) is 7.09. The van der Waals surface area contributed by atoms with E-state index in [9.17, 15) is 9.59 Å². The zero-order valence-electron chi connectivity index (χ0n) is 12.6. The molecule has 2 aromatic carbocycles. The molecule has 0 aromatic heterocycles. The molecule has 0 heterocycles. The van der Waals surface area contributed by atoms with Crippen LogP contribution in [-0.4, -0.2) is 18.2 Å². The average Bonchev–Trinajstić information content (AvgIpc) is 2.79. The first-order valence-corrected chi connectivity index (χ1v) is 7.85. The molecule has 0 saturated heterocycles. The molecule has 0 radical (unpaired) electrons. The van der Waals surface area contributed by atoms with Gasteiger partial charge in [-0.1, -0.05) is 53.5 Å². The SMILES string of the molecule is CC1(c2ccc(OCC#N)c(Cl)c2Cl)C(=O)c2ccccc2C1=O. The van der Waals surface area contributed by atoms with Gasteiger partial charge in [0.15, 0.2) is 18.2 Å². The van der Waals surface area contributed by atoms with Crippen LogP contribution in [0.15, 0.2) is 36.4 Å². The molecule has 2 aromatic rings. The minimum Gasteiger partial charge on any atom is -0.477 e. The predicted molar refractivity (Wildman–Crippen MR) is 90.0 cm³/mol. The van der Waals surface area contributed by atoms with Crippen LogP contribution < -0.4 is 4.74 Å². The van der Waals surface area contributed by atoms with Gasteiger partial charge in [0.1, 0.15) is 22.3 Å². The highest BCUT2D eigenvalue weighted by atomic mass is 35.5. The lowest BCUT2D eigenvalue weighted by molar-refractivity contribution is 0.0810. The van der Waals surface area contributed by atoms with E-state index in [2.05, 4.69) is 0 Å². The lowest BCUT2D eigenvalue weighted by Gasteiger charge is -2.23. The Balaban J connectivity index is 2.13. The predicted octanol–water partition coefficient (Wildman–Crippen LogP) is 4.23. The van der Waals surface area contributed by atoms with Gasteiger partial charge in [0.2, 0.25) is 0 Å². The summed E-state index contributed by atoms with van der Waals surface area (Å²) in [5, 5.41) is 8.73. The second kappa shape index (κ2) is 5.94. The van der Waals surface area contributed by atoms with Gasteiger partial charge in [0.25, 0.3) is 0 Å². The van der Waals surface area contributed by atoms with E-state index in [0.29, 0.717) is 16.7 Å². The van der Waals surface area contributed by atoms with Gasteiger partial charge in [-0.2, -0.15) is 5.26 Å². The zero-order chi connectivity index (χ0) is 17.5. The Morgan fingerprint density at radius 1 is 1.04 bits per heavy atom. The molecule has 1 aliphatic carbocycles. The summed E-state index contributed by atoms with van der Waals surface area (Å²) in [4.78, 5) is 25.7. The third kappa shape index (κ3) is 2.21. The molecule has 0 bridgehead atoms. The highest BCUT2D eigenvalue weighted by Gasteiger charge is 2.51. The number of halogens is 2. The molecule has 0 atom stereocenters. The maximum atomic E-state index is 12.9. The molecule has 24 heavy (non-hydrogen) atoms. The maximum absolute atomic E-state index is 12.9. The summed E-state index contributed by atoms with van der Waals surface area (Å²) in [6, 6.07) is 11.6. The largest absolute Gasteiger partial charge is 0.477 e. The fourth-order valence-corrected chi connectivity index (χ4v) is 3.47. The standard InChI is InChI=1S/C18H11Cl2NO3/c1-18(16(22)10-4-2-3-5-11(10)17(18)23)12-6-7-13(24-9-8-21)15(20)14(12)19/h2-7H,9H2,1H3. The van der Waals surface area contributed by atoms with Gasteiger partial charge in [-0.25, -0.2) is 0 Å². The third-order valence-corrected chi connectivity index (χ3v) is 5.07. The zero-order valence-corrected chi connectivity index (χ0v) is 14.1. The molecule has 0 spiro atoms. The van der Waals surface area contributed by atoms with Crippen LogP contribution in [0, 0.1) is 11.3 Å². The number of carbonyl (C=O) groups is 2. The fourth-order valence-electron chi connectivity index (χ4n) is 2.90. The first kappa shape index (κ1) is 16.5. The lowest BCUT2D eigenvalue weighted by Crippen LogP contribution is -2.35. The van der Waals surface area contributed by atoms with Gasteiger partial charge in [0, 0.05) is 11.1 Å². The fraction of sp³-hybridized carbons (Fsp3) is 0.167. The summed E-state index contributed by atoms with van der Waals surface area (Å²) in [6.45, 7) is 1.36. The van der Waals surface area contributed by atoms with Gasteiger partial charge in [0.05, 0.1) is 5.02 Å². The lowest BCUT2D eigenvalue weighted by atomic mass is 9.78. The molecule has 6 heteroatoms. The van der Waals surface area contributed by atoms with Crippen molar-refractivity contribution in [2.45, 2.75) is 12.3 Å². The molecule has 0 N–H and O–H groups in total. The van der Waals surface area contributed by atoms with Crippen molar-refractivity contribution >= 4 is 34.8 Å². The molecule has 0 aliphatic heterocycles. The molecule has 0 unspecified atom stereocenters. The van der Waals surface area contributed by atoms with Crippen LogP contribution in [0.3, 0.4) is 0 Å². The molecule has 3 rings (SSSR count). The Kier molecular flexibility index (Phi) is 4.08. The number of nitrogens with zero attached hydrogens (tertiary/aromatic N) is 1. The summed E-state index contributed by atoms with van der Waals surface area (Å²) in [5.41, 5.74) is -0.355. The van der Waals surface area contributed by atoms with Crippen molar-refractivity contribution in [3.8, 4) is 11.8 Å². The van der Waals surface area contributed by atoms with Crippen molar-refractivity contribution in [1.29, 1.82) is 5.26 Å². The molecular formula is C18H11Cl2NO3. The van der Waals surface area contributed by atoms with Crippen LogP contribution in [-0.2, 0) is 5.41 Å². The molecule has 0 saturated carbocycles. The molecule has 120 valence electrons. The number of Topliss-reactive ketones (excluding diaryl/α,β-unsaturated/α-hetero) is 2. The van der Waals surface area contributed by atoms with Gasteiger partial charge in [-0.3, -0.25) is 9.59 Å². The molecule has 4 nitrogen and oxygen atoms in total. The number of rotatable bonds is 3. The number of ether oxygens (including phenoxy) is 1. The number of hydrogen-bond donors (Lipinski definition) is 0. The Morgan fingerprint density at radius 3 is 2.17 bits per heavy atom. The van der Waals surface area contributed by atoms with Crippen LogP contribution in [0.4, 0.5) is 0 Å². The molecule has 1 aliphatic rings. The van der Waals surface area contributed by atoms with Crippen LogP contribution in [0.2, 0.25) is 10.0 Å². The van der Waals surface area contributed by atoms with Crippen molar-refractivity contribution in [3.63, 3.8) is 0 Å². The molecule has 0 amide bonds. The molecular weight excluding hydrogens is 349 g/mol. The van der Waals surface area contributed by atoms with Gasteiger partial charge >= 0.3 is 0 Å². The Labute approximate surface area is 148 Å². The van der Waals surface area contributed by atoms with Gasteiger partial charge in [-0.05, 0) is 18.6 Å². The normalized spacial score (nSPS) is 15.1. The quantitative estimate of drug-likeness (QED) is 0.768. The summed E-state index contributed by atoms with van der Waals surface area (Å²) in [7, 11) is 0. The minimum absolute atomic E-state index is 0.0715. The van der Waals surface area contributed by atoms with E-state index in [0.717, 1.165) is 0 Å². The van der Waals surface area contributed by atoms with Gasteiger partial charge < -0.3 is 4.74 Å². The number of benzene rings is 2. The number of hydrogen-bond acceptors (Lipinski definition) is 4. The Morgan fingerprint density at radius 2 is 1.62 bits per heavy atom. The first-order chi connectivity index (χ1) is 11.4. The topological polar surface area (TPSA) is 67.2 Å². The van der Waals surface area contributed by atoms with E-state index in [-0.39, 0.29) is 34.0 Å². The van der Waals surface area contributed by atoms with Crippen molar-refractivity contribution < 1.29 is 14.3 Å². The molecule has 0 fully saturated rings. The summed E-state index contributed by atoms with van der Waals surface area (Å²) < 4.78 is 5.19. The van der Waals surface area contributed by atoms with E-state index in [1.165, 1.54) is 6.07 Å². The van der Waals surface area contributed by atoms with Crippen molar-refractivity contribution in [1.82, 2.24) is 0 Å². The van der Waals surface area contributed by atoms with Crippen molar-refractivity contribution in [2.24, 2.45) is 0 Å². The van der Waals surface area contributed by atoms with Crippen LogP contribution in [0.5, 0.6) is 5.75 Å². The van der Waals surface area contributed by atoms with Crippen LogP contribution in [0.25, 0.3) is 0 Å². The number of fused-ring (bicyclic) bond motifs is 1. The van der Waals surface area contributed by atoms with Crippen LogP contribution >= 0.6 is 23.2 Å². The summed E-state index contributed by atoms with van der Waals surface area (Å²) in [6.07, 6.45) is 0. The van der Waals surface area contributed by atoms with E-state index in [1.807, 2.05) is 6.07 Å². The van der Waals surface area contributed by atoms with E-state index in [4.69, 9.17) is 33.2 Å². The van der Waals surface area contributed by atoms with Crippen molar-refractivity contribution in [2.75, 3.05) is 6.61 Å². The van der Waals surface area contributed by atoms with E-state index < -0.39 is 5.41 Å². The number of ketones is 2. The summed E-state index contributed by atoms with van der Waals surface area (Å²) in [5.74, 6) is -0.399. The monoisotopic (exact) mass is 359 g/mol. The van der Waals surface area contributed by atoms with Crippen LogP contribution in [0.1, 0.15) is 33.2 Å². The van der Waals surface area contributed by atoms with Gasteiger partial charge in [-0.15, -0.1) is 0 Å². The van der Waals surface area contributed by atoms with E-state index in [1.54, 1.807) is 37.3 Å². The Bertz CT molecular complexity index is 880. The second-order valence-corrected chi connectivity index (χ2v) is 6.27. The number of carbonyl (C=O) groups excluding carboxylic acids is 2. The summed E-state index contributed by atoms with van der Waals surface area (Å²) >= 11 is 12.5. The highest BCUT2D eigenvalue weighted by Crippen LogP contribution is 2.45. The maximum Gasteiger partial charge on any atom is 0.181 e. The minimum atomic E-state index is -1.43. The smallest absolute Gasteiger partial charge is 0.181 e. The third-order valence-electron chi connectivity index (χ3n) is 4.20. The van der Waals surface area contributed by atoms with Crippen molar-refractivity contribution in [3.05, 3.63) is 63.1 Å². The Hall–Kier alpha value is -2.35. The number of nitriles is 1. The van der Waals surface area contributed by atoms with E-state index >= 15 is 0 Å². The highest BCUT2D eigenvalue weighted by molar-refractivity contribution is 6.44.